The number of fused-ring (bicyclic) bond motifs is 1. The Morgan fingerprint density at radius 3 is 2.41 bits per heavy atom. The van der Waals surface area contributed by atoms with Crippen molar-refractivity contribution in [1.29, 1.82) is 0 Å². The summed E-state index contributed by atoms with van der Waals surface area (Å²) in [6, 6.07) is 6.10. The van der Waals surface area contributed by atoms with Crippen molar-refractivity contribution >= 4 is 16.9 Å². The first-order valence-corrected chi connectivity index (χ1v) is 5.26. The SMILES string of the molecule is Cc1ccc(C)c2c1cc(C)n2CC(=O)[O-].[Na+]. The Bertz CT molecular complexity index is 572. The molecule has 1 aromatic carbocycles. The molecule has 0 atom stereocenters. The number of hydrogen-bond acceptors (Lipinski definition) is 2. The Morgan fingerprint density at radius 1 is 1.24 bits per heavy atom. The van der Waals surface area contributed by atoms with Crippen LogP contribution >= 0.6 is 0 Å². The van der Waals surface area contributed by atoms with Gasteiger partial charge in [0.05, 0.1) is 18.0 Å². The molecule has 0 N–H and O–H groups in total. The van der Waals surface area contributed by atoms with Crippen LogP contribution in [0.5, 0.6) is 0 Å². The molecule has 0 aliphatic rings. The number of nitrogens with zero attached hydrogens (tertiary/aromatic N) is 1. The fraction of sp³-hybridized carbons (Fsp3) is 0.308. The Labute approximate surface area is 123 Å². The molecule has 4 heteroatoms. The third kappa shape index (κ3) is 2.57. The van der Waals surface area contributed by atoms with E-state index in [-0.39, 0.29) is 36.1 Å². The molecule has 3 nitrogen and oxygen atoms in total. The molecule has 1 aromatic heterocycles. The second kappa shape index (κ2) is 5.25. The second-order valence-corrected chi connectivity index (χ2v) is 4.21. The number of carbonyl (C=O) groups excluding carboxylic acids is 1. The summed E-state index contributed by atoms with van der Waals surface area (Å²) >= 11 is 0. The number of carbonyl (C=O) groups is 1. The van der Waals surface area contributed by atoms with Crippen molar-refractivity contribution in [2.45, 2.75) is 27.3 Å². The minimum Gasteiger partial charge on any atom is -0.548 e. The average Bonchev–Trinajstić information content (AvgIpc) is 2.51. The third-order valence-corrected chi connectivity index (χ3v) is 2.97. The van der Waals surface area contributed by atoms with E-state index in [0.29, 0.717) is 0 Å². The Morgan fingerprint density at radius 2 is 1.82 bits per heavy atom. The summed E-state index contributed by atoms with van der Waals surface area (Å²) in [5, 5.41) is 11.9. The van der Waals surface area contributed by atoms with Crippen LogP contribution in [0, 0.1) is 20.8 Å². The van der Waals surface area contributed by atoms with Crippen molar-refractivity contribution in [2.75, 3.05) is 0 Å². The van der Waals surface area contributed by atoms with Crippen molar-refractivity contribution in [3.05, 3.63) is 35.0 Å². The zero-order valence-electron chi connectivity index (χ0n) is 10.7. The monoisotopic (exact) mass is 239 g/mol. The van der Waals surface area contributed by atoms with Gasteiger partial charge >= 0.3 is 29.6 Å². The van der Waals surface area contributed by atoms with E-state index in [2.05, 4.69) is 6.07 Å². The number of hydrogen-bond donors (Lipinski definition) is 0. The summed E-state index contributed by atoms with van der Waals surface area (Å²) in [6.07, 6.45) is 0. The van der Waals surface area contributed by atoms with Gasteiger partial charge in [0, 0.05) is 11.1 Å². The predicted octanol–water partition coefficient (Wildman–Crippen LogP) is -1.68. The number of carboxylic acids is 1. The van der Waals surface area contributed by atoms with Crippen LogP contribution in [0.1, 0.15) is 16.8 Å². The molecule has 0 fully saturated rings. The van der Waals surface area contributed by atoms with Gasteiger partial charge in [0.2, 0.25) is 0 Å². The Kier molecular flexibility index (Phi) is 4.42. The summed E-state index contributed by atoms with van der Waals surface area (Å²) in [4.78, 5) is 10.7. The van der Waals surface area contributed by atoms with E-state index < -0.39 is 5.97 Å². The molecular formula is C13H14NNaO2. The summed E-state index contributed by atoms with van der Waals surface area (Å²) in [7, 11) is 0. The van der Waals surface area contributed by atoms with Gasteiger partial charge in [-0.2, -0.15) is 0 Å². The summed E-state index contributed by atoms with van der Waals surface area (Å²) in [5.41, 5.74) is 4.22. The van der Waals surface area contributed by atoms with Gasteiger partial charge in [-0.25, -0.2) is 0 Å². The number of carboxylic acid groups (broad SMARTS) is 1. The molecule has 0 aliphatic carbocycles. The maximum absolute atomic E-state index is 10.7. The largest absolute Gasteiger partial charge is 1.00 e. The van der Waals surface area contributed by atoms with E-state index in [1.807, 2.05) is 32.9 Å². The standard InChI is InChI=1S/C13H15NO2.Na/c1-8-4-5-9(2)13-11(8)6-10(3)14(13)7-12(15)16;/h4-6H,7H2,1-3H3,(H,15,16);/q;+1/p-1. The van der Waals surface area contributed by atoms with Crippen LogP contribution < -0.4 is 34.7 Å². The Balaban J connectivity index is 0.00000144. The fourth-order valence-electron chi connectivity index (χ4n) is 2.15. The molecule has 0 saturated carbocycles. The van der Waals surface area contributed by atoms with Crippen LogP contribution in [0.3, 0.4) is 0 Å². The molecule has 84 valence electrons. The maximum Gasteiger partial charge on any atom is 1.00 e. The smallest absolute Gasteiger partial charge is 0.548 e. The molecule has 0 spiro atoms. The van der Waals surface area contributed by atoms with Gasteiger partial charge in [-0.3, -0.25) is 0 Å². The quantitative estimate of drug-likeness (QED) is 0.588. The van der Waals surface area contributed by atoms with Crippen molar-refractivity contribution in [3.8, 4) is 0 Å². The van der Waals surface area contributed by atoms with Gasteiger partial charge in [-0.1, -0.05) is 12.1 Å². The predicted molar refractivity (Wildman–Crippen MR) is 61.2 cm³/mol. The van der Waals surface area contributed by atoms with Gasteiger partial charge in [0.1, 0.15) is 0 Å². The molecule has 0 amide bonds. The molecule has 2 rings (SSSR count). The van der Waals surface area contributed by atoms with Crippen LogP contribution in [0.4, 0.5) is 0 Å². The van der Waals surface area contributed by atoms with E-state index in [0.717, 1.165) is 22.2 Å². The number of aromatic nitrogens is 1. The molecule has 0 unspecified atom stereocenters. The van der Waals surface area contributed by atoms with E-state index in [4.69, 9.17) is 0 Å². The van der Waals surface area contributed by atoms with Crippen LogP contribution in [0.2, 0.25) is 0 Å². The van der Waals surface area contributed by atoms with Gasteiger partial charge in [-0.05, 0) is 38.0 Å². The number of aliphatic carboxylic acids is 1. The fourth-order valence-corrected chi connectivity index (χ4v) is 2.15. The van der Waals surface area contributed by atoms with Gasteiger partial charge in [0.25, 0.3) is 0 Å². The number of benzene rings is 1. The summed E-state index contributed by atoms with van der Waals surface area (Å²) in [5.74, 6) is -1.05. The molecule has 2 aromatic rings. The van der Waals surface area contributed by atoms with E-state index in [9.17, 15) is 9.90 Å². The molecule has 0 aliphatic heterocycles. The van der Waals surface area contributed by atoms with Gasteiger partial charge in [0.15, 0.2) is 0 Å². The Hall–Kier alpha value is -0.770. The molecule has 1 heterocycles. The van der Waals surface area contributed by atoms with Crippen LogP contribution in [-0.4, -0.2) is 10.5 Å². The maximum atomic E-state index is 10.7. The average molecular weight is 239 g/mol. The molecular weight excluding hydrogens is 225 g/mol. The topological polar surface area (TPSA) is 45.1 Å². The van der Waals surface area contributed by atoms with Crippen molar-refractivity contribution < 1.29 is 39.5 Å². The minimum atomic E-state index is -1.05. The van der Waals surface area contributed by atoms with E-state index >= 15 is 0 Å². The van der Waals surface area contributed by atoms with Crippen LogP contribution in [0.15, 0.2) is 18.2 Å². The van der Waals surface area contributed by atoms with E-state index in [1.165, 1.54) is 5.56 Å². The zero-order chi connectivity index (χ0) is 11.9. The molecule has 0 bridgehead atoms. The summed E-state index contributed by atoms with van der Waals surface area (Å²) in [6.45, 7) is 5.86. The van der Waals surface area contributed by atoms with Crippen LogP contribution in [-0.2, 0) is 11.3 Å². The normalized spacial score (nSPS) is 10.3. The first-order valence-electron chi connectivity index (χ1n) is 5.26. The number of rotatable bonds is 2. The van der Waals surface area contributed by atoms with Crippen molar-refractivity contribution in [2.24, 2.45) is 0 Å². The molecule has 0 saturated heterocycles. The van der Waals surface area contributed by atoms with Crippen molar-refractivity contribution in [1.82, 2.24) is 4.57 Å². The first kappa shape index (κ1) is 14.3. The minimum absolute atomic E-state index is 0. The van der Waals surface area contributed by atoms with Gasteiger partial charge < -0.3 is 14.5 Å². The second-order valence-electron chi connectivity index (χ2n) is 4.21. The van der Waals surface area contributed by atoms with Crippen LogP contribution in [0.25, 0.3) is 10.9 Å². The van der Waals surface area contributed by atoms with Gasteiger partial charge in [-0.15, -0.1) is 0 Å². The number of aryl methyl sites for hydroxylation is 3. The zero-order valence-corrected chi connectivity index (χ0v) is 12.7. The molecule has 17 heavy (non-hydrogen) atoms. The van der Waals surface area contributed by atoms with E-state index in [1.54, 1.807) is 4.57 Å². The van der Waals surface area contributed by atoms with Crippen molar-refractivity contribution in [3.63, 3.8) is 0 Å². The summed E-state index contributed by atoms with van der Waals surface area (Å²) < 4.78 is 1.80. The third-order valence-electron chi connectivity index (χ3n) is 2.97. The first-order chi connectivity index (χ1) is 7.50. The molecule has 0 radical (unpaired) electrons.